The molecule has 0 amide bonds. The molecule has 5 rings (SSSR count). The van der Waals surface area contributed by atoms with Crippen LogP contribution >= 0.6 is 36.4 Å². The van der Waals surface area contributed by atoms with Crippen LogP contribution in [0.1, 0.15) is 57.4 Å². The van der Waals surface area contributed by atoms with E-state index in [1.165, 1.54) is 25.0 Å². The van der Waals surface area contributed by atoms with Crippen molar-refractivity contribution in [3.05, 3.63) is 35.6 Å². The van der Waals surface area contributed by atoms with E-state index >= 15 is 0 Å². The number of aromatic nitrogens is 4. The second-order valence-corrected chi connectivity index (χ2v) is 11.9. The van der Waals surface area contributed by atoms with Crippen LogP contribution in [0.15, 0.2) is 35.5 Å². The maximum atomic E-state index is 12.6. The molecule has 2 aliphatic carbocycles. The first-order valence-corrected chi connectivity index (χ1v) is 14.5. The second kappa shape index (κ2) is 13.5. The lowest BCUT2D eigenvalue weighted by Crippen LogP contribution is -2.33. The number of halogens is 3. The molecule has 14 heteroatoms. The Morgan fingerprint density at radius 3 is 2.34 bits per heavy atom. The summed E-state index contributed by atoms with van der Waals surface area (Å²) in [5.74, 6) is 1.16. The van der Waals surface area contributed by atoms with Crippen molar-refractivity contribution in [1.29, 1.82) is 0 Å². The van der Waals surface area contributed by atoms with Gasteiger partial charge in [0.05, 0.1) is 11.2 Å². The number of fused-ring (bicyclic) bond motifs is 1. The Kier molecular flexibility index (Phi) is 10.8. The molecule has 3 aromatic rings. The molecule has 0 aliphatic heterocycles. The van der Waals surface area contributed by atoms with E-state index in [0.717, 1.165) is 44.2 Å². The Labute approximate surface area is 240 Å². The number of benzene rings is 1. The average molecular weight is 606 g/mol. The molecule has 0 unspecified atom stereocenters. The highest BCUT2D eigenvalue weighted by Gasteiger charge is 2.24. The van der Waals surface area contributed by atoms with Gasteiger partial charge in [0, 0.05) is 36.2 Å². The van der Waals surface area contributed by atoms with Gasteiger partial charge in [-0.2, -0.15) is 9.97 Å². The highest BCUT2D eigenvalue weighted by Crippen LogP contribution is 2.33. The topological polar surface area (TPSA) is 140 Å². The molecule has 2 aliphatic rings. The quantitative estimate of drug-likeness (QED) is 0.261. The minimum Gasteiger partial charge on any atom is -0.367 e. The Morgan fingerprint density at radius 1 is 0.974 bits per heavy atom. The van der Waals surface area contributed by atoms with Gasteiger partial charge in [0.25, 0.3) is 0 Å². The smallest absolute Gasteiger partial charge is 0.240 e. The lowest BCUT2D eigenvalue weighted by atomic mass is 9.92. The van der Waals surface area contributed by atoms with Crippen molar-refractivity contribution in [3.8, 4) is 0 Å². The van der Waals surface area contributed by atoms with Crippen LogP contribution in [0.4, 0.5) is 11.8 Å². The van der Waals surface area contributed by atoms with Crippen LogP contribution in [-0.2, 0) is 10.0 Å². The van der Waals surface area contributed by atoms with Gasteiger partial charge in [-0.3, -0.25) is 0 Å². The van der Waals surface area contributed by atoms with Crippen LogP contribution in [0.25, 0.3) is 11.2 Å². The Balaban J connectivity index is 0.00000200. The molecular formula is C24H35Cl3N8O2S. The summed E-state index contributed by atoms with van der Waals surface area (Å²) in [6.07, 6.45) is 10.5. The molecule has 2 fully saturated rings. The molecule has 0 atom stereocenters. The molecule has 210 valence electrons. The third kappa shape index (κ3) is 7.19. The van der Waals surface area contributed by atoms with Gasteiger partial charge >= 0.3 is 0 Å². The van der Waals surface area contributed by atoms with E-state index in [1.807, 2.05) is 6.33 Å². The molecule has 0 radical (unpaired) electrons. The minimum absolute atomic E-state index is 0. The van der Waals surface area contributed by atoms with Crippen LogP contribution in [-0.4, -0.2) is 53.1 Å². The van der Waals surface area contributed by atoms with Gasteiger partial charge in [-0.25, -0.2) is 18.1 Å². The molecule has 2 saturated carbocycles. The largest absolute Gasteiger partial charge is 0.367 e. The van der Waals surface area contributed by atoms with Crippen molar-refractivity contribution < 1.29 is 8.42 Å². The van der Waals surface area contributed by atoms with Gasteiger partial charge in [-0.05, 0) is 62.8 Å². The number of rotatable bonds is 9. The zero-order chi connectivity index (χ0) is 25.1. The molecule has 38 heavy (non-hydrogen) atoms. The fraction of sp³-hybridized carbons (Fsp3) is 0.542. The molecule has 0 bridgehead atoms. The van der Waals surface area contributed by atoms with Crippen LogP contribution in [0.2, 0.25) is 5.02 Å². The summed E-state index contributed by atoms with van der Waals surface area (Å²) in [6, 6.07) is 7.02. The molecule has 1 aromatic carbocycles. The maximum absolute atomic E-state index is 12.6. The molecule has 0 spiro atoms. The molecule has 2 aromatic heterocycles. The summed E-state index contributed by atoms with van der Waals surface area (Å²) in [7, 11) is -3.64. The normalized spacial score (nSPS) is 20.1. The van der Waals surface area contributed by atoms with E-state index in [2.05, 4.69) is 24.9 Å². The van der Waals surface area contributed by atoms with Gasteiger partial charge < -0.3 is 20.9 Å². The summed E-state index contributed by atoms with van der Waals surface area (Å²) in [5.41, 5.74) is 7.57. The van der Waals surface area contributed by atoms with E-state index in [-0.39, 0.29) is 48.3 Å². The molecule has 2 heterocycles. The van der Waals surface area contributed by atoms with Gasteiger partial charge in [0.1, 0.15) is 0 Å². The van der Waals surface area contributed by atoms with E-state index < -0.39 is 10.0 Å². The number of hydrogen-bond acceptors (Lipinski definition) is 8. The van der Waals surface area contributed by atoms with Crippen molar-refractivity contribution in [2.24, 2.45) is 5.73 Å². The lowest BCUT2D eigenvalue weighted by molar-refractivity contribution is 0.410. The summed E-state index contributed by atoms with van der Waals surface area (Å²) in [6.45, 7) is 0.524. The van der Waals surface area contributed by atoms with Crippen LogP contribution in [0, 0.1) is 0 Å². The van der Waals surface area contributed by atoms with Crippen molar-refractivity contribution in [1.82, 2.24) is 24.2 Å². The van der Waals surface area contributed by atoms with Crippen LogP contribution in [0.3, 0.4) is 0 Å². The maximum Gasteiger partial charge on any atom is 0.240 e. The van der Waals surface area contributed by atoms with Crippen LogP contribution in [0.5, 0.6) is 0 Å². The Hall–Kier alpha value is -1.89. The summed E-state index contributed by atoms with van der Waals surface area (Å²) in [4.78, 5) is 14.4. The predicted octanol–water partition coefficient (Wildman–Crippen LogP) is 4.51. The van der Waals surface area contributed by atoms with E-state index in [0.29, 0.717) is 34.9 Å². The Morgan fingerprint density at radius 2 is 1.66 bits per heavy atom. The van der Waals surface area contributed by atoms with Gasteiger partial charge in [-0.1, -0.05) is 24.4 Å². The number of nitrogens with one attached hydrogen (secondary N) is 3. The molecule has 0 saturated heterocycles. The summed E-state index contributed by atoms with van der Waals surface area (Å²) in [5, 5.41) is 7.26. The third-order valence-electron chi connectivity index (χ3n) is 7.08. The standard InChI is InChI=1S/C24H33ClN8O2S.2ClH/c25-16-5-11-20(12-6-16)36(34,35)29-14-13-27-22-21-23(33(15-28-21)19-3-1-2-4-19)32-24(31-22)30-18-9-7-17(26)8-10-18;;/h5-6,11-12,15,17-19,29H,1-4,7-10,13-14,26H2,(H2,27,30,31,32);2*1H/t17-,18-;;. The number of hydrogen-bond donors (Lipinski definition) is 4. The molecular weight excluding hydrogens is 571 g/mol. The average Bonchev–Trinajstić information content (AvgIpc) is 3.53. The minimum atomic E-state index is -3.64. The lowest BCUT2D eigenvalue weighted by Gasteiger charge is -2.27. The zero-order valence-corrected chi connectivity index (χ0v) is 24.2. The Bertz CT molecular complexity index is 1290. The van der Waals surface area contributed by atoms with Crippen molar-refractivity contribution >= 4 is 69.4 Å². The number of sulfonamides is 1. The van der Waals surface area contributed by atoms with E-state index in [9.17, 15) is 8.42 Å². The highest BCUT2D eigenvalue weighted by molar-refractivity contribution is 7.89. The number of nitrogens with two attached hydrogens (primary N) is 1. The highest BCUT2D eigenvalue weighted by atomic mass is 35.5. The van der Waals surface area contributed by atoms with E-state index in [4.69, 9.17) is 27.3 Å². The summed E-state index contributed by atoms with van der Waals surface area (Å²) < 4.78 is 29.9. The SMILES string of the molecule is Cl.Cl.N[C@H]1CC[C@H](Nc2nc(NCCNS(=O)(=O)c3ccc(Cl)cc3)c3ncn(C4CCCC4)c3n2)CC1. The summed E-state index contributed by atoms with van der Waals surface area (Å²) >= 11 is 5.87. The monoisotopic (exact) mass is 604 g/mol. The zero-order valence-electron chi connectivity index (χ0n) is 21.0. The van der Waals surface area contributed by atoms with Crippen molar-refractivity contribution in [2.45, 2.75) is 74.4 Å². The predicted molar refractivity (Wildman–Crippen MR) is 156 cm³/mol. The van der Waals surface area contributed by atoms with E-state index in [1.54, 1.807) is 12.1 Å². The number of imidazole rings is 1. The first-order valence-electron chi connectivity index (χ1n) is 12.6. The van der Waals surface area contributed by atoms with Gasteiger partial charge in [0.15, 0.2) is 17.0 Å². The first-order chi connectivity index (χ1) is 17.4. The first kappa shape index (κ1) is 30.6. The number of nitrogens with zero attached hydrogens (tertiary/aromatic N) is 4. The van der Waals surface area contributed by atoms with Gasteiger partial charge in [0.2, 0.25) is 16.0 Å². The second-order valence-electron chi connectivity index (χ2n) is 9.69. The third-order valence-corrected chi connectivity index (χ3v) is 8.81. The van der Waals surface area contributed by atoms with Crippen LogP contribution < -0.4 is 21.1 Å². The molecule has 5 N–H and O–H groups in total. The van der Waals surface area contributed by atoms with Crippen molar-refractivity contribution in [2.75, 3.05) is 23.7 Å². The molecule has 10 nitrogen and oxygen atoms in total. The van der Waals surface area contributed by atoms with Gasteiger partial charge in [-0.15, -0.1) is 24.8 Å². The van der Waals surface area contributed by atoms with Crippen molar-refractivity contribution in [3.63, 3.8) is 0 Å². The fourth-order valence-electron chi connectivity index (χ4n) is 5.06. The number of anilines is 2. The fourth-order valence-corrected chi connectivity index (χ4v) is 6.22.